The van der Waals surface area contributed by atoms with E-state index < -0.39 is 30.5 Å². The normalized spacial score (nSPS) is 21.9. The quantitative estimate of drug-likeness (QED) is 0.792. The Labute approximate surface area is 90.0 Å². The van der Waals surface area contributed by atoms with Gasteiger partial charge in [0.1, 0.15) is 0 Å². The number of aliphatic carboxylic acids is 1. The first-order valence-electron chi connectivity index (χ1n) is 4.92. The number of nitrogens with zero attached hydrogens (tertiary/aromatic N) is 1. The number of carbonyl (C=O) groups is 2. The zero-order valence-electron chi connectivity index (χ0n) is 8.46. The van der Waals surface area contributed by atoms with Crippen molar-refractivity contribution in [3.63, 3.8) is 0 Å². The van der Waals surface area contributed by atoms with Crippen LogP contribution >= 0.6 is 0 Å². The molecule has 16 heavy (non-hydrogen) atoms. The van der Waals surface area contributed by atoms with Crippen LogP contribution in [0, 0.1) is 0 Å². The molecule has 1 amide bonds. The minimum atomic E-state index is -4.92. The molecule has 4 nitrogen and oxygen atoms in total. The summed E-state index contributed by atoms with van der Waals surface area (Å²) in [5, 5.41) is 8.55. The molecule has 0 bridgehead atoms. The third-order valence-corrected chi connectivity index (χ3v) is 2.54. The smallest absolute Gasteiger partial charge is 0.471 e. The molecule has 1 heterocycles. The lowest BCUT2D eigenvalue weighted by atomic mass is 9.99. The minimum absolute atomic E-state index is 0.0176. The second kappa shape index (κ2) is 4.71. The van der Waals surface area contributed by atoms with Crippen LogP contribution in [-0.4, -0.2) is 40.6 Å². The van der Waals surface area contributed by atoms with E-state index in [1.807, 2.05) is 0 Å². The number of halogens is 3. The summed E-state index contributed by atoms with van der Waals surface area (Å²) in [6.07, 6.45) is -3.90. The van der Waals surface area contributed by atoms with Crippen LogP contribution in [-0.2, 0) is 9.59 Å². The summed E-state index contributed by atoms with van der Waals surface area (Å²) in [6, 6.07) is -0.833. The number of hydrogen-bond acceptors (Lipinski definition) is 2. The van der Waals surface area contributed by atoms with E-state index in [0.29, 0.717) is 24.2 Å². The topological polar surface area (TPSA) is 57.6 Å². The number of carboxylic acids is 1. The van der Waals surface area contributed by atoms with Gasteiger partial charge in [-0.05, 0) is 19.3 Å². The number of carboxylic acid groups (broad SMARTS) is 1. The maximum Gasteiger partial charge on any atom is 0.471 e. The first kappa shape index (κ1) is 12.8. The zero-order valence-corrected chi connectivity index (χ0v) is 8.46. The van der Waals surface area contributed by atoms with E-state index in [2.05, 4.69) is 0 Å². The molecule has 0 aliphatic carbocycles. The van der Waals surface area contributed by atoms with Crippen molar-refractivity contribution in [2.45, 2.75) is 37.9 Å². The van der Waals surface area contributed by atoms with Crippen LogP contribution in [0.15, 0.2) is 0 Å². The van der Waals surface area contributed by atoms with Crippen LogP contribution < -0.4 is 0 Å². The van der Waals surface area contributed by atoms with Gasteiger partial charge in [-0.25, -0.2) is 0 Å². The third-order valence-electron chi connectivity index (χ3n) is 2.54. The van der Waals surface area contributed by atoms with Crippen LogP contribution in [0.5, 0.6) is 0 Å². The Bertz CT molecular complexity index is 290. The summed E-state index contributed by atoms with van der Waals surface area (Å²) in [5.74, 6) is -3.12. The Balaban J connectivity index is 2.74. The highest BCUT2D eigenvalue weighted by atomic mass is 19.4. The number of hydrogen-bond donors (Lipinski definition) is 1. The summed E-state index contributed by atoms with van der Waals surface area (Å²) in [4.78, 5) is 22.1. The van der Waals surface area contributed by atoms with Crippen LogP contribution in [0.4, 0.5) is 13.2 Å². The summed E-state index contributed by atoms with van der Waals surface area (Å²) < 4.78 is 36.6. The maximum atomic E-state index is 12.2. The summed E-state index contributed by atoms with van der Waals surface area (Å²) in [5.41, 5.74) is 0. The molecule has 0 unspecified atom stereocenters. The van der Waals surface area contributed by atoms with Crippen molar-refractivity contribution in [2.24, 2.45) is 0 Å². The first-order valence-corrected chi connectivity index (χ1v) is 4.92. The van der Waals surface area contributed by atoms with E-state index in [0.717, 1.165) is 0 Å². The minimum Gasteiger partial charge on any atom is -0.481 e. The summed E-state index contributed by atoms with van der Waals surface area (Å²) in [6.45, 7) is -0.0176. The number of likely N-dealkylation sites (tertiary alicyclic amines) is 1. The Kier molecular flexibility index (Phi) is 3.77. The fraction of sp³-hybridized carbons (Fsp3) is 0.778. The number of rotatable bonds is 2. The molecule has 1 saturated heterocycles. The molecule has 0 aromatic heterocycles. The Morgan fingerprint density at radius 3 is 2.44 bits per heavy atom. The largest absolute Gasteiger partial charge is 0.481 e. The van der Waals surface area contributed by atoms with Gasteiger partial charge in [-0.2, -0.15) is 13.2 Å². The fourth-order valence-corrected chi connectivity index (χ4v) is 1.84. The molecular weight excluding hydrogens is 227 g/mol. The van der Waals surface area contributed by atoms with Gasteiger partial charge >= 0.3 is 18.1 Å². The van der Waals surface area contributed by atoms with Gasteiger partial charge in [-0.1, -0.05) is 0 Å². The van der Waals surface area contributed by atoms with E-state index in [4.69, 9.17) is 5.11 Å². The molecular formula is C9H12F3NO3. The molecule has 1 rings (SSSR count). The Morgan fingerprint density at radius 1 is 1.31 bits per heavy atom. The van der Waals surface area contributed by atoms with E-state index in [-0.39, 0.29) is 6.54 Å². The average molecular weight is 239 g/mol. The second-order valence-electron chi connectivity index (χ2n) is 3.74. The lowest BCUT2D eigenvalue weighted by Gasteiger charge is -2.35. The van der Waals surface area contributed by atoms with Crippen molar-refractivity contribution < 1.29 is 27.9 Å². The SMILES string of the molecule is O=C(O)C[C@@H]1CCCCN1C(=O)C(F)(F)F. The molecule has 7 heteroatoms. The molecule has 1 aliphatic rings. The molecule has 1 atom stereocenters. The van der Waals surface area contributed by atoms with E-state index in [9.17, 15) is 22.8 Å². The highest BCUT2D eigenvalue weighted by molar-refractivity contribution is 5.82. The van der Waals surface area contributed by atoms with Crippen LogP contribution in [0.1, 0.15) is 25.7 Å². The van der Waals surface area contributed by atoms with Crippen molar-refractivity contribution >= 4 is 11.9 Å². The molecule has 0 saturated carbocycles. The molecule has 0 spiro atoms. The predicted molar refractivity (Wildman–Crippen MR) is 47.7 cm³/mol. The van der Waals surface area contributed by atoms with Gasteiger partial charge in [0.2, 0.25) is 0 Å². The average Bonchev–Trinajstić information content (AvgIpc) is 2.15. The van der Waals surface area contributed by atoms with Gasteiger partial charge in [0, 0.05) is 12.6 Å². The van der Waals surface area contributed by atoms with Gasteiger partial charge in [-0.15, -0.1) is 0 Å². The molecule has 0 aromatic carbocycles. The van der Waals surface area contributed by atoms with Gasteiger partial charge in [0.15, 0.2) is 0 Å². The van der Waals surface area contributed by atoms with E-state index in [1.54, 1.807) is 0 Å². The first-order chi connectivity index (χ1) is 7.32. The lowest BCUT2D eigenvalue weighted by Crippen LogP contribution is -2.50. The molecule has 92 valence electrons. The van der Waals surface area contributed by atoms with Crippen LogP contribution in [0.25, 0.3) is 0 Å². The standard InChI is InChI=1S/C9H12F3NO3/c10-9(11,12)8(16)13-4-2-1-3-6(13)5-7(14)15/h6H,1-5H2,(H,14,15)/t6-/m0/s1. The lowest BCUT2D eigenvalue weighted by molar-refractivity contribution is -0.189. The van der Waals surface area contributed by atoms with Crippen molar-refractivity contribution in [1.82, 2.24) is 4.90 Å². The van der Waals surface area contributed by atoms with Crippen molar-refractivity contribution in [1.29, 1.82) is 0 Å². The van der Waals surface area contributed by atoms with Gasteiger partial charge in [-0.3, -0.25) is 9.59 Å². The molecule has 1 N–H and O–H groups in total. The zero-order chi connectivity index (χ0) is 12.3. The third kappa shape index (κ3) is 3.11. The Morgan fingerprint density at radius 2 is 1.94 bits per heavy atom. The van der Waals surface area contributed by atoms with Gasteiger partial charge in [0.05, 0.1) is 6.42 Å². The number of piperidine rings is 1. The molecule has 1 fully saturated rings. The number of amides is 1. The van der Waals surface area contributed by atoms with Crippen molar-refractivity contribution in [3.05, 3.63) is 0 Å². The summed E-state index contributed by atoms with van der Waals surface area (Å²) >= 11 is 0. The fourth-order valence-electron chi connectivity index (χ4n) is 1.84. The van der Waals surface area contributed by atoms with Crippen LogP contribution in [0.2, 0.25) is 0 Å². The Hall–Kier alpha value is -1.27. The molecule has 0 radical (unpaired) electrons. The van der Waals surface area contributed by atoms with E-state index >= 15 is 0 Å². The molecule has 0 aromatic rings. The van der Waals surface area contributed by atoms with Crippen LogP contribution in [0.3, 0.4) is 0 Å². The van der Waals surface area contributed by atoms with Crippen molar-refractivity contribution in [3.8, 4) is 0 Å². The molecule has 1 aliphatic heterocycles. The second-order valence-corrected chi connectivity index (χ2v) is 3.74. The number of alkyl halides is 3. The highest BCUT2D eigenvalue weighted by Crippen LogP contribution is 2.26. The summed E-state index contributed by atoms with van der Waals surface area (Å²) in [7, 11) is 0. The monoisotopic (exact) mass is 239 g/mol. The predicted octanol–water partition coefficient (Wildman–Crippen LogP) is 1.40. The highest BCUT2D eigenvalue weighted by Gasteiger charge is 2.45. The number of carbonyl (C=O) groups excluding carboxylic acids is 1. The van der Waals surface area contributed by atoms with Crippen molar-refractivity contribution in [2.75, 3.05) is 6.54 Å². The van der Waals surface area contributed by atoms with Gasteiger partial charge in [0.25, 0.3) is 0 Å². The van der Waals surface area contributed by atoms with E-state index in [1.165, 1.54) is 0 Å². The maximum absolute atomic E-state index is 12.2. The van der Waals surface area contributed by atoms with Gasteiger partial charge < -0.3 is 10.0 Å².